The maximum Gasteiger partial charge on any atom is 0.440 e. The van der Waals surface area contributed by atoms with Crippen LogP contribution in [0.1, 0.15) is 0 Å². The van der Waals surface area contributed by atoms with E-state index in [9.17, 15) is 4.79 Å². The van der Waals surface area contributed by atoms with Gasteiger partial charge in [-0.25, -0.2) is 4.79 Å². The lowest BCUT2D eigenvalue weighted by molar-refractivity contribution is 0.315. The molecule has 4 nitrogen and oxygen atoms in total. The second kappa shape index (κ2) is 3.26. The Morgan fingerprint density at radius 3 is 2.43 bits per heavy atom. The number of nitrogens with zero attached hydrogens (tertiary/aromatic N) is 2. The molecular formula is C9H8N2O2S. The molecule has 0 saturated heterocycles. The Hall–Kier alpha value is -1.62. The molecule has 0 spiro atoms. The van der Waals surface area contributed by atoms with E-state index >= 15 is 0 Å². The van der Waals surface area contributed by atoms with E-state index in [0.29, 0.717) is 4.77 Å². The maximum atomic E-state index is 11.1. The van der Waals surface area contributed by atoms with Gasteiger partial charge in [-0.15, -0.1) is 4.74 Å². The van der Waals surface area contributed by atoms with Gasteiger partial charge in [-0.05, 0) is 24.4 Å². The van der Waals surface area contributed by atoms with E-state index in [0.717, 1.165) is 5.69 Å². The van der Waals surface area contributed by atoms with Crippen LogP contribution in [0.15, 0.2) is 39.6 Å². The Bertz CT molecular complexity index is 550. The van der Waals surface area contributed by atoms with Crippen LogP contribution >= 0.6 is 12.2 Å². The van der Waals surface area contributed by atoms with Crippen molar-refractivity contribution in [2.75, 3.05) is 0 Å². The first-order valence-electron chi connectivity index (χ1n) is 4.05. The maximum absolute atomic E-state index is 11.1. The zero-order chi connectivity index (χ0) is 10.1. The van der Waals surface area contributed by atoms with Crippen molar-refractivity contribution in [2.45, 2.75) is 0 Å². The number of para-hydroxylation sites is 1. The van der Waals surface area contributed by atoms with Crippen LogP contribution in [0.2, 0.25) is 0 Å². The molecule has 0 bridgehead atoms. The number of rotatable bonds is 1. The molecule has 0 fully saturated rings. The van der Waals surface area contributed by atoms with Gasteiger partial charge in [0.05, 0.1) is 5.69 Å². The van der Waals surface area contributed by atoms with Crippen LogP contribution in [-0.4, -0.2) is 9.31 Å². The molecular weight excluding hydrogens is 200 g/mol. The molecule has 2 aromatic rings. The van der Waals surface area contributed by atoms with E-state index in [2.05, 4.69) is 0 Å². The van der Waals surface area contributed by atoms with Crippen molar-refractivity contribution in [2.24, 2.45) is 7.05 Å². The van der Waals surface area contributed by atoms with Gasteiger partial charge in [0.25, 0.3) is 0 Å². The van der Waals surface area contributed by atoms with Crippen LogP contribution < -0.4 is 5.76 Å². The van der Waals surface area contributed by atoms with Crippen molar-refractivity contribution in [3.8, 4) is 5.69 Å². The molecule has 1 aromatic carbocycles. The third-order valence-corrected chi connectivity index (χ3v) is 2.33. The van der Waals surface area contributed by atoms with Gasteiger partial charge in [0.15, 0.2) is 0 Å². The van der Waals surface area contributed by atoms with Gasteiger partial charge >= 0.3 is 5.76 Å². The first kappa shape index (κ1) is 8.96. The van der Waals surface area contributed by atoms with Gasteiger partial charge < -0.3 is 4.52 Å². The summed E-state index contributed by atoms with van der Waals surface area (Å²) >= 11 is 5.03. The smallest absolute Gasteiger partial charge is 0.314 e. The fourth-order valence-corrected chi connectivity index (χ4v) is 1.34. The summed E-state index contributed by atoms with van der Waals surface area (Å²) in [6, 6.07) is 9.22. The molecule has 2 rings (SSSR count). The molecule has 0 aliphatic carbocycles. The Labute approximate surface area is 85.0 Å². The fraction of sp³-hybridized carbons (Fsp3) is 0.111. The number of aromatic nitrogens is 2. The highest BCUT2D eigenvalue weighted by Crippen LogP contribution is 2.05. The molecule has 0 aliphatic rings. The van der Waals surface area contributed by atoms with E-state index in [4.69, 9.17) is 16.7 Å². The number of hydrogen-bond acceptors (Lipinski definition) is 3. The minimum absolute atomic E-state index is 0.348. The minimum atomic E-state index is -0.459. The topological polar surface area (TPSA) is 40.1 Å². The molecule has 0 aliphatic heterocycles. The summed E-state index contributed by atoms with van der Waals surface area (Å²) in [7, 11) is 1.58. The zero-order valence-corrected chi connectivity index (χ0v) is 8.32. The largest absolute Gasteiger partial charge is 0.440 e. The average Bonchev–Trinajstić information content (AvgIpc) is 2.47. The fourth-order valence-electron chi connectivity index (χ4n) is 1.12. The Morgan fingerprint density at radius 1 is 1.29 bits per heavy atom. The minimum Gasteiger partial charge on any atom is -0.314 e. The van der Waals surface area contributed by atoms with Gasteiger partial charge in [-0.3, -0.25) is 4.57 Å². The van der Waals surface area contributed by atoms with Crippen LogP contribution in [0.5, 0.6) is 0 Å². The van der Waals surface area contributed by atoms with Gasteiger partial charge in [-0.1, -0.05) is 18.2 Å². The first-order valence-corrected chi connectivity index (χ1v) is 4.46. The van der Waals surface area contributed by atoms with Crippen LogP contribution in [-0.2, 0) is 7.05 Å². The molecule has 1 aromatic heterocycles. The number of benzene rings is 1. The van der Waals surface area contributed by atoms with Crippen molar-refractivity contribution in [1.82, 2.24) is 9.31 Å². The van der Waals surface area contributed by atoms with E-state index in [1.54, 1.807) is 7.05 Å². The molecule has 0 unspecified atom stereocenters. The molecule has 1 heterocycles. The van der Waals surface area contributed by atoms with Crippen LogP contribution in [0.3, 0.4) is 0 Å². The molecule has 0 saturated carbocycles. The highest BCUT2D eigenvalue weighted by molar-refractivity contribution is 7.71. The summed E-state index contributed by atoms with van der Waals surface area (Å²) < 4.78 is 7.91. The monoisotopic (exact) mass is 208 g/mol. The van der Waals surface area contributed by atoms with Crippen molar-refractivity contribution >= 4 is 12.2 Å². The van der Waals surface area contributed by atoms with Crippen LogP contribution in [0, 0.1) is 4.77 Å². The average molecular weight is 208 g/mol. The molecule has 14 heavy (non-hydrogen) atoms. The summed E-state index contributed by atoms with van der Waals surface area (Å²) in [5, 5.41) is 0. The zero-order valence-electron chi connectivity index (χ0n) is 7.51. The lowest BCUT2D eigenvalue weighted by Gasteiger charge is -1.96. The molecule has 0 atom stereocenters. The highest BCUT2D eigenvalue weighted by atomic mass is 32.1. The molecule has 0 amide bonds. The van der Waals surface area contributed by atoms with Gasteiger partial charge in [0.2, 0.25) is 4.77 Å². The predicted molar refractivity (Wildman–Crippen MR) is 54.1 cm³/mol. The van der Waals surface area contributed by atoms with Gasteiger partial charge in [0, 0.05) is 7.05 Å². The van der Waals surface area contributed by atoms with E-state index in [1.165, 1.54) is 9.31 Å². The summed E-state index contributed by atoms with van der Waals surface area (Å²) in [6.45, 7) is 0. The molecule has 5 heteroatoms. The standard InChI is InChI=1S/C9H8N2O2S/c1-10-8(14)11(13-9(10)12)7-5-3-2-4-6-7/h2-6H,1H3. The second-order valence-electron chi connectivity index (χ2n) is 2.83. The Balaban J connectivity index is 2.71. The first-order chi connectivity index (χ1) is 6.70. The Morgan fingerprint density at radius 2 is 1.93 bits per heavy atom. The predicted octanol–water partition coefficient (Wildman–Crippen LogP) is 1.50. The normalized spacial score (nSPS) is 10.4. The number of hydrogen-bond donors (Lipinski definition) is 0. The molecule has 0 radical (unpaired) electrons. The third kappa shape index (κ3) is 1.31. The van der Waals surface area contributed by atoms with Crippen molar-refractivity contribution in [3.05, 3.63) is 45.7 Å². The quantitative estimate of drug-likeness (QED) is 0.667. The SMILES string of the molecule is Cn1c(=O)on(-c2ccccc2)c1=S. The van der Waals surface area contributed by atoms with E-state index < -0.39 is 5.76 Å². The highest BCUT2D eigenvalue weighted by Gasteiger charge is 2.05. The van der Waals surface area contributed by atoms with Gasteiger partial charge in [0.1, 0.15) is 0 Å². The van der Waals surface area contributed by atoms with Crippen molar-refractivity contribution in [3.63, 3.8) is 0 Å². The summed E-state index contributed by atoms with van der Waals surface area (Å²) in [5.74, 6) is -0.459. The van der Waals surface area contributed by atoms with Gasteiger partial charge in [-0.2, -0.15) is 0 Å². The van der Waals surface area contributed by atoms with Crippen molar-refractivity contribution in [1.29, 1.82) is 0 Å². The van der Waals surface area contributed by atoms with E-state index in [1.807, 2.05) is 30.3 Å². The third-order valence-electron chi connectivity index (χ3n) is 1.89. The van der Waals surface area contributed by atoms with Crippen molar-refractivity contribution < 1.29 is 4.52 Å². The summed E-state index contributed by atoms with van der Waals surface area (Å²) in [6.07, 6.45) is 0. The Kier molecular flexibility index (Phi) is 2.09. The molecule has 72 valence electrons. The van der Waals surface area contributed by atoms with Crippen LogP contribution in [0.4, 0.5) is 0 Å². The molecule has 0 N–H and O–H groups in total. The summed E-state index contributed by atoms with van der Waals surface area (Å²) in [5.41, 5.74) is 0.746. The second-order valence-corrected chi connectivity index (χ2v) is 3.19. The van der Waals surface area contributed by atoms with E-state index in [-0.39, 0.29) is 0 Å². The lowest BCUT2D eigenvalue weighted by atomic mass is 10.3. The summed E-state index contributed by atoms with van der Waals surface area (Å²) in [4.78, 5) is 11.1. The lowest BCUT2D eigenvalue weighted by Crippen LogP contribution is -2.08. The van der Waals surface area contributed by atoms with Crippen LogP contribution in [0.25, 0.3) is 5.69 Å².